The molecule has 2 rings (SSSR count). The van der Waals surface area contributed by atoms with Crippen molar-refractivity contribution in [2.24, 2.45) is 5.92 Å². The first kappa shape index (κ1) is 13.7. The Morgan fingerprint density at radius 3 is 2.68 bits per heavy atom. The van der Waals surface area contributed by atoms with Gasteiger partial charge in [-0.25, -0.2) is 4.68 Å². The summed E-state index contributed by atoms with van der Waals surface area (Å²) >= 11 is 0. The number of carbonyl (C=O) groups is 1. The van der Waals surface area contributed by atoms with Crippen LogP contribution >= 0.6 is 0 Å². The summed E-state index contributed by atoms with van der Waals surface area (Å²) in [6.07, 6.45) is 3.21. The highest BCUT2D eigenvalue weighted by Crippen LogP contribution is 2.33. The van der Waals surface area contributed by atoms with E-state index in [-0.39, 0.29) is 18.0 Å². The number of aliphatic hydroxyl groups is 1. The molecular weight excluding hydrogens is 248 g/mol. The second-order valence-corrected chi connectivity index (χ2v) is 5.37. The molecule has 0 saturated heterocycles. The van der Waals surface area contributed by atoms with Gasteiger partial charge in [-0.2, -0.15) is 5.10 Å². The zero-order valence-electron chi connectivity index (χ0n) is 10.9. The second-order valence-electron chi connectivity index (χ2n) is 5.37. The molecule has 0 unspecified atom stereocenters. The van der Waals surface area contributed by atoms with E-state index in [1.165, 1.54) is 10.7 Å². The number of carboxylic acid groups (broad SMARTS) is 1. The van der Waals surface area contributed by atoms with Gasteiger partial charge in [-0.1, -0.05) is 0 Å². The molecular formula is C13H18N2O4. The van der Waals surface area contributed by atoms with E-state index in [0.29, 0.717) is 25.7 Å². The Balaban J connectivity index is 2.07. The number of rotatable bonds is 3. The largest absolute Gasteiger partial charge is 0.481 e. The van der Waals surface area contributed by atoms with Gasteiger partial charge in [-0.15, -0.1) is 0 Å². The molecule has 1 heterocycles. The maximum atomic E-state index is 11.7. The number of carboxylic acids is 1. The molecule has 1 saturated carbocycles. The van der Waals surface area contributed by atoms with Gasteiger partial charge in [0.15, 0.2) is 0 Å². The van der Waals surface area contributed by atoms with Crippen LogP contribution in [0.15, 0.2) is 17.1 Å². The third-order valence-electron chi connectivity index (χ3n) is 3.72. The molecule has 0 aromatic carbocycles. The second kappa shape index (κ2) is 5.13. The SMILES string of the molecule is Cc1cnn(CC2(O)CCC(C(=O)O)CC2)c(=O)c1. The van der Waals surface area contributed by atoms with E-state index >= 15 is 0 Å². The fourth-order valence-corrected chi connectivity index (χ4v) is 2.48. The predicted molar refractivity (Wildman–Crippen MR) is 67.8 cm³/mol. The third-order valence-corrected chi connectivity index (χ3v) is 3.72. The zero-order chi connectivity index (χ0) is 14.0. The highest BCUT2D eigenvalue weighted by atomic mass is 16.4. The smallest absolute Gasteiger partial charge is 0.306 e. The fraction of sp³-hybridized carbons (Fsp3) is 0.615. The minimum atomic E-state index is -1.03. The van der Waals surface area contributed by atoms with Gasteiger partial charge in [0.25, 0.3) is 5.56 Å². The van der Waals surface area contributed by atoms with Crippen LogP contribution in [0.1, 0.15) is 31.2 Å². The Morgan fingerprint density at radius 1 is 1.53 bits per heavy atom. The van der Waals surface area contributed by atoms with E-state index in [1.807, 2.05) is 0 Å². The Kier molecular flexibility index (Phi) is 3.71. The summed E-state index contributed by atoms with van der Waals surface area (Å²) in [6.45, 7) is 1.91. The first-order chi connectivity index (χ1) is 8.89. The first-order valence-electron chi connectivity index (χ1n) is 6.39. The van der Waals surface area contributed by atoms with E-state index in [0.717, 1.165) is 5.56 Å². The highest BCUT2D eigenvalue weighted by molar-refractivity contribution is 5.70. The van der Waals surface area contributed by atoms with Crippen molar-refractivity contribution in [1.82, 2.24) is 9.78 Å². The minimum Gasteiger partial charge on any atom is -0.481 e. The Morgan fingerprint density at radius 2 is 2.16 bits per heavy atom. The van der Waals surface area contributed by atoms with Gasteiger partial charge < -0.3 is 10.2 Å². The van der Waals surface area contributed by atoms with E-state index in [1.54, 1.807) is 13.1 Å². The van der Waals surface area contributed by atoms with Crippen LogP contribution in [0.25, 0.3) is 0 Å². The number of nitrogens with zero attached hydrogens (tertiary/aromatic N) is 2. The average molecular weight is 266 g/mol. The summed E-state index contributed by atoms with van der Waals surface area (Å²) in [4.78, 5) is 22.6. The van der Waals surface area contributed by atoms with Crippen molar-refractivity contribution in [3.05, 3.63) is 28.2 Å². The Hall–Kier alpha value is -1.69. The summed E-state index contributed by atoms with van der Waals surface area (Å²) in [5.74, 6) is -1.20. The first-order valence-corrected chi connectivity index (χ1v) is 6.39. The molecule has 19 heavy (non-hydrogen) atoms. The molecule has 1 aliphatic carbocycles. The van der Waals surface area contributed by atoms with Crippen molar-refractivity contribution in [1.29, 1.82) is 0 Å². The molecule has 0 atom stereocenters. The molecule has 2 N–H and O–H groups in total. The molecule has 0 radical (unpaired) electrons. The van der Waals surface area contributed by atoms with Gasteiger partial charge in [0, 0.05) is 6.07 Å². The van der Waals surface area contributed by atoms with Gasteiger partial charge >= 0.3 is 5.97 Å². The third kappa shape index (κ3) is 3.20. The normalized spacial score (nSPS) is 27.2. The lowest BCUT2D eigenvalue weighted by atomic mass is 9.79. The molecule has 1 aliphatic rings. The number of hydrogen-bond donors (Lipinski definition) is 2. The van der Waals surface area contributed by atoms with Crippen molar-refractivity contribution in [2.75, 3.05) is 0 Å². The van der Waals surface area contributed by atoms with Gasteiger partial charge in [0.1, 0.15) is 0 Å². The lowest BCUT2D eigenvalue weighted by Crippen LogP contribution is -2.42. The highest BCUT2D eigenvalue weighted by Gasteiger charge is 2.36. The summed E-state index contributed by atoms with van der Waals surface area (Å²) in [5, 5.41) is 23.3. The van der Waals surface area contributed by atoms with Gasteiger partial charge in [-0.05, 0) is 38.2 Å². The predicted octanol–water partition coefficient (Wildman–Crippen LogP) is 0.558. The molecule has 0 bridgehead atoms. The van der Waals surface area contributed by atoms with Crippen molar-refractivity contribution < 1.29 is 15.0 Å². The fourth-order valence-electron chi connectivity index (χ4n) is 2.48. The van der Waals surface area contributed by atoms with Gasteiger partial charge in [0.2, 0.25) is 0 Å². The maximum Gasteiger partial charge on any atom is 0.306 e. The van der Waals surface area contributed by atoms with Gasteiger partial charge in [0.05, 0.1) is 24.3 Å². The number of aliphatic carboxylic acids is 1. The molecule has 1 aromatic rings. The molecule has 0 spiro atoms. The maximum absolute atomic E-state index is 11.7. The van der Waals surface area contributed by atoms with Crippen molar-refractivity contribution >= 4 is 5.97 Å². The number of hydrogen-bond acceptors (Lipinski definition) is 4. The summed E-state index contributed by atoms with van der Waals surface area (Å²) in [6, 6.07) is 1.47. The van der Waals surface area contributed by atoms with Crippen LogP contribution in [0.3, 0.4) is 0 Å². The number of aromatic nitrogens is 2. The molecule has 1 aromatic heterocycles. The summed E-state index contributed by atoms with van der Waals surface area (Å²) in [7, 11) is 0. The standard InChI is InChI=1S/C13H18N2O4/c1-9-6-11(16)15(14-7-9)8-13(19)4-2-10(3-5-13)12(17)18/h6-7,10,19H,2-5,8H2,1H3,(H,17,18). The van der Waals surface area contributed by atoms with Gasteiger partial charge in [-0.3, -0.25) is 9.59 Å². The zero-order valence-corrected chi connectivity index (χ0v) is 10.9. The van der Waals surface area contributed by atoms with Crippen LogP contribution in [-0.4, -0.2) is 31.6 Å². The Labute approximate surface area is 110 Å². The van der Waals surface area contributed by atoms with Crippen LogP contribution in [0, 0.1) is 12.8 Å². The van der Waals surface area contributed by atoms with E-state index < -0.39 is 11.6 Å². The molecule has 0 aliphatic heterocycles. The van der Waals surface area contributed by atoms with E-state index in [9.17, 15) is 14.7 Å². The molecule has 104 valence electrons. The Bertz CT molecular complexity index is 530. The molecule has 0 amide bonds. The lowest BCUT2D eigenvalue weighted by Gasteiger charge is -2.34. The van der Waals surface area contributed by atoms with Crippen molar-refractivity contribution in [3.8, 4) is 0 Å². The summed E-state index contributed by atoms with van der Waals surface area (Å²) < 4.78 is 1.24. The van der Waals surface area contributed by atoms with Crippen LogP contribution in [-0.2, 0) is 11.3 Å². The molecule has 6 heteroatoms. The van der Waals surface area contributed by atoms with Crippen LogP contribution < -0.4 is 5.56 Å². The quantitative estimate of drug-likeness (QED) is 0.833. The van der Waals surface area contributed by atoms with Crippen LogP contribution in [0.4, 0.5) is 0 Å². The van der Waals surface area contributed by atoms with E-state index in [4.69, 9.17) is 5.11 Å². The average Bonchev–Trinajstić information content (AvgIpc) is 2.33. The topological polar surface area (TPSA) is 92.4 Å². The minimum absolute atomic E-state index is 0.123. The van der Waals surface area contributed by atoms with Crippen LogP contribution in [0.5, 0.6) is 0 Å². The monoisotopic (exact) mass is 266 g/mol. The number of aryl methyl sites for hydroxylation is 1. The van der Waals surface area contributed by atoms with Crippen molar-refractivity contribution in [3.63, 3.8) is 0 Å². The molecule has 6 nitrogen and oxygen atoms in total. The van der Waals surface area contributed by atoms with Crippen molar-refractivity contribution in [2.45, 2.75) is 44.8 Å². The summed E-state index contributed by atoms with van der Waals surface area (Å²) in [5.41, 5.74) is -0.491. The van der Waals surface area contributed by atoms with E-state index in [2.05, 4.69) is 5.10 Å². The lowest BCUT2D eigenvalue weighted by molar-refractivity contribution is -0.145. The molecule has 1 fully saturated rings. The van der Waals surface area contributed by atoms with Crippen LogP contribution in [0.2, 0.25) is 0 Å².